The Morgan fingerprint density at radius 1 is 1.24 bits per heavy atom. The van der Waals surface area contributed by atoms with Crippen molar-refractivity contribution in [2.75, 3.05) is 26.7 Å². The molecule has 2 aliphatic heterocycles. The van der Waals surface area contributed by atoms with Gasteiger partial charge in [-0.05, 0) is 30.7 Å². The van der Waals surface area contributed by atoms with Crippen LogP contribution < -0.4 is 0 Å². The molecular weight excluding hydrogens is 390 g/mol. The topological polar surface area (TPSA) is 80.6 Å². The molecule has 2 aliphatic rings. The highest BCUT2D eigenvalue weighted by Crippen LogP contribution is 2.31. The van der Waals surface area contributed by atoms with Crippen molar-refractivity contribution in [1.82, 2.24) is 24.8 Å². The molecule has 0 radical (unpaired) electrons. The van der Waals surface area contributed by atoms with Crippen molar-refractivity contribution in [2.45, 2.75) is 50.7 Å². The lowest BCUT2D eigenvalue weighted by molar-refractivity contribution is -0.136. The molecule has 1 amide bonds. The molecule has 2 atom stereocenters. The molecule has 0 spiro atoms. The van der Waals surface area contributed by atoms with Crippen molar-refractivity contribution in [3.8, 4) is 0 Å². The van der Waals surface area contributed by atoms with Crippen LogP contribution in [0.3, 0.4) is 0 Å². The summed E-state index contributed by atoms with van der Waals surface area (Å²) in [4.78, 5) is 30.7. The summed E-state index contributed by atoms with van der Waals surface area (Å²) in [5, 5.41) is 10.1. The van der Waals surface area contributed by atoms with Crippen LogP contribution in [0.2, 0.25) is 0 Å². The second-order valence-electron chi connectivity index (χ2n) is 7.73. The first kappa shape index (κ1) is 20.0. The zero-order chi connectivity index (χ0) is 20.2. The third-order valence-corrected chi connectivity index (χ3v) is 6.66. The summed E-state index contributed by atoms with van der Waals surface area (Å²) >= 11 is 1.71. The van der Waals surface area contributed by atoms with Crippen molar-refractivity contribution in [1.29, 1.82) is 0 Å². The number of ether oxygens (including phenoxy) is 1. The van der Waals surface area contributed by atoms with E-state index in [2.05, 4.69) is 26.7 Å². The Bertz CT molecular complexity index is 829. The molecule has 0 unspecified atom stereocenters. The number of aromatic nitrogens is 3. The fourth-order valence-corrected chi connectivity index (χ4v) is 4.99. The molecule has 29 heavy (non-hydrogen) atoms. The van der Waals surface area contributed by atoms with E-state index in [0.29, 0.717) is 13.0 Å². The van der Waals surface area contributed by atoms with Crippen LogP contribution >= 0.6 is 11.3 Å². The maximum atomic E-state index is 13.4. The fourth-order valence-electron chi connectivity index (χ4n) is 4.26. The SMILES string of the molecule is COC(=O)c1cn([C@H]2C[C@@H](C(=O)N3CCCCCC3)N(Cc3cccs3)C2)nn1. The molecule has 0 aliphatic carbocycles. The summed E-state index contributed by atoms with van der Waals surface area (Å²) in [5.41, 5.74) is 0.194. The summed E-state index contributed by atoms with van der Waals surface area (Å²) in [7, 11) is 1.33. The van der Waals surface area contributed by atoms with Crippen LogP contribution in [0.1, 0.15) is 53.5 Å². The van der Waals surface area contributed by atoms with E-state index in [4.69, 9.17) is 4.74 Å². The third kappa shape index (κ3) is 4.51. The van der Waals surface area contributed by atoms with Crippen LogP contribution in [0.5, 0.6) is 0 Å². The lowest BCUT2D eigenvalue weighted by Crippen LogP contribution is -2.45. The van der Waals surface area contributed by atoms with Gasteiger partial charge in [0.15, 0.2) is 5.69 Å². The predicted octanol–water partition coefficient (Wildman–Crippen LogP) is 2.34. The van der Waals surface area contributed by atoms with Gasteiger partial charge >= 0.3 is 5.97 Å². The van der Waals surface area contributed by atoms with Crippen molar-refractivity contribution >= 4 is 23.2 Å². The quantitative estimate of drug-likeness (QED) is 0.695. The molecule has 9 heteroatoms. The van der Waals surface area contributed by atoms with Crippen molar-refractivity contribution in [3.05, 3.63) is 34.3 Å². The first-order valence-electron chi connectivity index (χ1n) is 10.2. The van der Waals surface area contributed by atoms with Gasteiger partial charge in [-0.3, -0.25) is 9.69 Å². The molecule has 0 N–H and O–H groups in total. The first-order valence-corrected chi connectivity index (χ1v) is 11.1. The molecule has 0 bridgehead atoms. The second-order valence-corrected chi connectivity index (χ2v) is 8.76. The molecule has 2 saturated heterocycles. The molecule has 4 rings (SSSR count). The van der Waals surface area contributed by atoms with Gasteiger partial charge in [-0.25, -0.2) is 9.48 Å². The number of esters is 1. The first-order chi connectivity index (χ1) is 14.2. The Labute approximate surface area is 174 Å². The van der Waals surface area contributed by atoms with Gasteiger partial charge in [-0.2, -0.15) is 0 Å². The largest absolute Gasteiger partial charge is 0.464 e. The van der Waals surface area contributed by atoms with Crippen LogP contribution in [0, 0.1) is 0 Å². The van der Waals surface area contributed by atoms with Gasteiger partial charge in [-0.15, -0.1) is 16.4 Å². The molecular formula is C20H27N5O3S. The highest BCUT2D eigenvalue weighted by molar-refractivity contribution is 7.09. The van der Waals surface area contributed by atoms with Gasteiger partial charge in [0.1, 0.15) is 0 Å². The summed E-state index contributed by atoms with van der Waals surface area (Å²) in [5.74, 6) is -0.277. The van der Waals surface area contributed by atoms with Gasteiger partial charge in [0.2, 0.25) is 5.91 Å². The monoisotopic (exact) mass is 417 g/mol. The zero-order valence-corrected chi connectivity index (χ0v) is 17.5. The highest BCUT2D eigenvalue weighted by atomic mass is 32.1. The van der Waals surface area contributed by atoms with Crippen molar-refractivity contribution < 1.29 is 14.3 Å². The average molecular weight is 418 g/mol. The molecule has 0 saturated carbocycles. The Morgan fingerprint density at radius 2 is 2.03 bits per heavy atom. The molecule has 2 aromatic heterocycles. The number of thiophene rings is 1. The Morgan fingerprint density at radius 3 is 2.72 bits per heavy atom. The molecule has 2 aromatic rings. The molecule has 4 heterocycles. The van der Waals surface area contributed by atoms with E-state index in [-0.39, 0.29) is 23.7 Å². The Kier molecular flexibility index (Phi) is 6.25. The molecule has 2 fully saturated rings. The summed E-state index contributed by atoms with van der Waals surface area (Å²) < 4.78 is 6.44. The maximum absolute atomic E-state index is 13.4. The maximum Gasteiger partial charge on any atom is 0.360 e. The van der Waals surface area contributed by atoms with Crippen LogP contribution in [-0.4, -0.2) is 69.5 Å². The Balaban J connectivity index is 1.53. The second kappa shape index (κ2) is 9.04. The number of amides is 1. The van der Waals surface area contributed by atoms with Crippen LogP contribution in [0.4, 0.5) is 0 Å². The number of carbonyl (C=O) groups excluding carboxylic acids is 2. The van der Waals surface area contributed by atoms with E-state index in [1.165, 1.54) is 24.8 Å². The van der Waals surface area contributed by atoms with E-state index in [1.807, 2.05) is 11.0 Å². The van der Waals surface area contributed by atoms with Gasteiger partial charge in [0.05, 0.1) is 25.4 Å². The van der Waals surface area contributed by atoms with Gasteiger partial charge < -0.3 is 9.64 Å². The van der Waals surface area contributed by atoms with Gasteiger partial charge in [0.25, 0.3) is 0 Å². The number of carbonyl (C=O) groups is 2. The number of nitrogens with zero attached hydrogens (tertiary/aromatic N) is 5. The van der Waals surface area contributed by atoms with Crippen molar-refractivity contribution in [3.63, 3.8) is 0 Å². The smallest absolute Gasteiger partial charge is 0.360 e. The predicted molar refractivity (Wildman–Crippen MR) is 109 cm³/mol. The average Bonchev–Trinajstić information content (AvgIpc) is 3.45. The molecule has 0 aromatic carbocycles. The number of hydrogen-bond donors (Lipinski definition) is 0. The summed E-state index contributed by atoms with van der Waals surface area (Å²) in [6.45, 7) is 3.15. The van der Waals surface area contributed by atoms with E-state index in [0.717, 1.165) is 32.5 Å². The number of likely N-dealkylation sites (tertiary alicyclic amines) is 2. The van der Waals surface area contributed by atoms with Crippen LogP contribution in [-0.2, 0) is 16.1 Å². The Hall–Kier alpha value is -2.26. The minimum Gasteiger partial charge on any atom is -0.464 e. The highest BCUT2D eigenvalue weighted by Gasteiger charge is 2.40. The van der Waals surface area contributed by atoms with E-state index in [9.17, 15) is 9.59 Å². The normalized spacial score (nSPS) is 23.1. The molecule has 156 valence electrons. The fraction of sp³-hybridized carbons (Fsp3) is 0.600. The van der Waals surface area contributed by atoms with E-state index in [1.54, 1.807) is 22.2 Å². The lowest BCUT2D eigenvalue weighted by atomic mass is 10.1. The zero-order valence-electron chi connectivity index (χ0n) is 16.7. The lowest BCUT2D eigenvalue weighted by Gasteiger charge is -2.29. The van der Waals surface area contributed by atoms with Gasteiger partial charge in [0, 0.05) is 31.1 Å². The minimum absolute atomic E-state index is 0.00166. The van der Waals surface area contributed by atoms with Gasteiger partial charge in [-0.1, -0.05) is 24.1 Å². The van der Waals surface area contributed by atoms with Crippen LogP contribution in [0.25, 0.3) is 0 Å². The minimum atomic E-state index is -0.498. The number of hydrogen-bond acceptors (Lipinski definition) is 7. The van der Waals surface area contributed by atoms with Crippen LogP contribution in [0.15, 0.2) is 23.7 Å². The standard InChI is InChI=1S/C20H27N5O3S/c1-28-20(27)17-14-25(22-21-17)15-11-18(19(26)23-8-4-2-3-5-9-23)24(12-15)13-16-7-6-10-29-16/h6-7,10,14-15,18H,2-5,8-9,11-13H2,1H3/t15-,18-/m0/s1. The third-order valence-electron chi connectivity index (χ3n) is 5.80. The van der Waals surface area contributed by atoms with E-state index < -0.39 is 5.97 Å². The summed E-state index contributed by atoms with van der Waals surface area (Å²) in [6, 6.07) is 3.97. The summed E-state index contributed by atoms with van der Waals surface area (Å²) in [6.07, 6.45) is 6.86. The number of rotatable bonds is 5. The van der Waals surface area contributed by atoms with E-state index >= 15 is 0 Å². The van der Waals surface area contributed by atoms with Crippen molar-refractivity contribution in [2.24, 2.45) is 0 Å². The number of methoxy groups -OCH3 is 1. The molecule has 8 nitrogen and oxygen atoms in total.